The van der Waals surface area contributed by atoms with Crippen molar-refractivity contribution in [3.8, 4) is 0 Å². The first-order valence-electron chi connectivity index (χ1n) is 4.80. The van der Waals surface area contributed by atoms with Gasteiger partial charge in [-0.3, -0.25) is 14.9 Å². The third kappa shape index (κ3) is 1.56. The molecule has 1 aliphatic heterocycles. The van der Waals surface area contributed by atoms with E-state index in [2.05, 4.69) is 5.32 Å². The van der Waals surface area contributed by atoms with Crippen molar-refractivity contribution >= 4 is 17.8 Å². The summed E-state index contributed by atoms with van der Waals surface area (Å²) in [5.74, 6) is -1.42. The Labute approximate surface area is 91.4 Å². The maximum absolute atomic E-state index is 11.4. The lowest BCUT2D eigenvalue weighted by Gasteiger charge is -2.02. The van der Waals surface area contributed by atoms with Crippen LogP contribution in [0.5, 0.6) is 0 Å². The van der Waals surface area contributed by atoms with E-state index in [1.165, 1.54) is 18.2 Å². The molecule has 1 N–H and O–H groups in total. The maximum atomic E-state index is 11.4. The number of hydrogen-bond donors (Lipinski definition) is 1. The van der Waals surface area contributed by atoms with Gasteiger partial charge in [-0.15, -0.1) is 0 Å². The van der Waals surface area contributed by atoms with Crippen LogP contribution in [0.3, 0.4) is 0 Å². The number of nitrogens with one attached hydrogen (secondary N) is 1. The molecule has 1 aliphatic rings. The Morgan fingerprint density at radius 1 is 1.25 bits per heavy atom. The van der Waals surface area contributed by atoms with Crippen molar-refractivity contribution in [2.75, 3.05) is 6.61 Å². The van der Waals surface area contributed by atoms with Crippen molar-refractivity contribution in [2.45, 2.75) is 6.92 Å². The molecule has 0 aliphatic carbocycles. The van der Waals surface area contributed by atoms with E-state index in [-0.39, 0.29) is 23.3 Å². The third-order valence-electron chi connectivity index (χ3n) is 2.25. The van der Waals surface area contributed by atoms with Gasteiger partial charge in [-0.1, -0.05) is 0 Å². The second kappa shape index (κ2) is 3.77. The average Bonchev–Trinajstić information content (AvgIpc) is 2.55. The first kappa shape index (κ1) is 10.4. The molecule has 0 spiro atoms. The highest BCUT2D eigenvalue weighted by molar-refractivity contribution is 6.22. The molecule has 0 fully saturated rings. The Kier molecular flexibility index (Phi) is 2.44. The molecular formula is C11H9NO4. The van der Waals surface area contributed by atoms with Crippen molar-refractivity contribution in [3.05, 3.63) is 34.9 Å². The molecule has 0 aromatic heterocycles. The molecular weight excluding hydrogens is 210 g/mol. The number of esters is 1. The highest BCUT2D eigenvalue weighted by atomic mass is 16.5. The van der Waals surface area contributed by atoms with Gasteiger partial charge < -0.3 is 4.74 Å². The monoisotopic (exact) mass is 219 g/mol. The highest BCUT2D eigenvalue weighted by Gasteiger charge is 2.27. The second-order valence-corrected chi connectivity index (χ2v) is 3.26. The molecule has 82 valence electrons. The summed E-state index contributed by atoms with van der Waals surface area (Å²) in [4.78, 5) is 34.0. The Bertz CT molecular complexity index is 493. The van der Waals surface area contributed by atoms with Crippen molar-refractivity contribution in [1.29, 1.82) is 0 Å². The van der Waals surface area contributed by atoms with Crippen molar-refractivity contribution < 1.29 is 19.1 Å². The second-order valence-electron chi connectivity index (χ2n) is 3.26. The van der Waals surface area contributed by atoms with E-state index in [0.29, 0.717) is 0 Å². The lowest BCUT2D eigenvalue weighted by Crippen LogP contribution is -2.19. The zero-order valence-electron chi connectivity index (χ0n) is 8.57. The molecule has 0 atom stereocenters. The number of carbonyl (C=O) groups excluding carboxylic acids is 3. The Morgan fingerprint density at radius 2 is 1.94 bits per heavy atom. The van der Waals surface area contributed by atoms with Crippen LogP contribution in [0.15, 0.2) is 18.2 Å². The summed E-state index contributed by atoms with van der Waals surface area (Å²) < 4.78 is 4.79. The normalized spacial score (nSPS) is 13.3. The quantitative estimate of drug-likeness (QED) is 0.588. The van der Waals surface area contributed by atoms with Gasteiger partial charge in [0.2, 0.25) is 0 Å². The van der Waals surface area contributed by atoms with Crippen LogP contribution < -0.4 is 5.32 Å². The summed E-state index contributed by atoms with van der Waals surface area (Å²) in [6, 6.07) is 4.28. The molecule has 0 unspecified atom stereocenters. The fraction of sp³-hybridized carbons (Fsp3) is 0.182. The number of imide groups is 1. The summed E-state index contributed by atoms with van der Waals surface area (Å²) in [5.41, 5.74) is 0.777. The molecule has 2 amide bonds. The maximum Gasteiger partial charge on any atom is 0.338 e. The molecule has 0 saturated carbocycles. The molecule has 1 aromatic rings. The molecule has 0 saturated heterocycles. The molecule has 5 heteroatoms. The van der Waals surface area contributed by atoms with E-state index in [4.69, 9.17) is 4.74 Å². The molecule has 2 rings (SSSR count). The molecule has 0 radical (unpaired) electrons. The molecule has 16 heavy (non-hydrogen) atoms. The van der Waals surface area contributed by atoms with E-state index >= 15 is 0 Å². The van der Waals surface area contributed by atoms with Gasteiger partial charge >= 0.3 is 5.97 Å². The van der Waals surface area contributed by atoms with E-state index in [1.807, 2.05) is 0 Å². The molecule has 0 bridgehead atoms. The highest BCUT2D eigenvalue weighted by Crippen LogP contribution is 2.17. The molecule has 1 aromatic carbocycles. The van der Waals surface area contributed by atoms with Crippen LogP contribution in [-0.4, -0.2) is 24.4 Å². The minimum Gasteiger partial charge on any atom is -0.462 e. The van der Waals surface area contributed by atoms with Gasteiger partial charge in [-0.2, -0.15) is 0 Å². The van der Waals surface area contributed by atoms with Gasteiger partial charge in [0.05, 0.1) is 23.3 Å². The van der Waals surface area contributed by atoms with Gasteiger partial charge in [0, 0.05) is 0 Å². The fourth-order valence-corrected chi connectivity index (χ4v) is 1.51. The number of ether oxygens (including phenoxy) is 1. The van der Waals surface area contributed by atoms with Crippen LogP contribution in [-0.2, 0) is 4.74 Å². The number of carbonyl (C=O) groups is 3. The van der Waals surface area contributed by atoms with Crippen molar-refractivity contribution in [1.82, 2.24) is 5.32 Å². The van der Waals surface area contributed by atoms with Gasteiger partial charge in [0.25, 0.3) is 11.8 Å². The largest absolute Gasteiger partial charge is 0.462 e. The Hall–Kier alpha value is -2.17. The Balaban J connectivity index is 2.40. The van der Waals surface area contributed by atoms with Crippen molar-refractivity contribution in [3.63, 3.8) is 0 Å². The van der Waals surface area contributed by atoms with Gasteiger partial charge in [0.15, 0.2) is 0 Å². The SMILES string of the molecule is CCOC(=O)c1ccc2c(c1)C(=O)NC2=O. The first-order chi connectivity index (χ1) is 7.63. The number of fused-ring (bicyclic) bond motifs is 1. The topological polar surface area (TPSA) is 72.5 Å². The summed E-state index contributed by atoms with van der Waals surface area (Å²) in [6.07, 6.45) is 0. The number of hydrogen-bond acceptors (Lipinski definition) is 4. The van der Waals surface area contributed by atoms with Crippen LogP contribution >= 0.6 is 0 Å². The minimum atomic E-state index is -0.502. The standard InChI is InChI=1S/C11H9NO4/c1-2-16-11(15)6-3-4-7-8(5-6)10(14)12-9(7)13/h3-5H,2H2,1H3,(H,12,13,14). The van der Waals surface area contributed by atoms with E-state index in [9.17, 15) is 14.4 Å². The number of amides is 2. The molecule has 5 nitrogen and oxygen atoms in total. The van der Waals surface area contributed by atoms with Crippen LogP contribution in [0.4, 0.5) is 0 Å². The average molecular weight is 219 g/mol. The minimum absolute atomic E-state index is 0.218. The fourth-order valence-electron chi connectivity index (χ4n) is 1.51. The zero-order chi connectivity index (χ0) is 11.7. The van der Waals surface area contributed by atoms with Crippen LogP contribution in [0.2, 0.25) is 0 Å². The molecule has 1 heterocycles. The van der Waals surface area contributed by atoms with Gasteiger partial charge in [-0.25, -0.2) is 4.79 Å². The number of benzene rings is 1. The predicted octanol–water partition coefficient (Wildman–Crippen LogP) is 0.747. The summed E-state index contributed by atoms with van der Waals surface area (Å²) in [5, 5.41) is 2.15. The van der Waals surface area contributed by atoms with Gasteiger partial charge in [0.1, 0.15) is 0 Å². The van der Waals surface area contributed by atoms with Crippen LogP contribution in [0, 0.1) is 0 Å². The van der Waals surface area contributed by atoms with Crippen LogP contribution in [0.25, 0.3) is 0 Å². The predicted molar refractivity (Wildman–Crippen MR) is 54.2 cm³/mol. The van der Waals surface area contributed by atoms with E-state index < -0.39 is 17.8 Å². The number of rotatable bonds is 2. The van der Waals surface area contributed by atoms with E-state index in [1.54, 1.807) is 6.92 Å². The zero-order valence-corrected chi connectivity index (χ0v) is 8.57. The Morgan fingerprint density at radius 3 is 2.62 bits per heavy atom. The van der Waals surface area contributed by atoms with Gasteiger partial charge in [-0.05, 0) is 25.1 Å². The van der Waals surface area contributed by atoms with Crippen LogP contribution in [0.1, 0.15) is 38.0 Å². The smallest absolute Gasteiger partial charge is 0.338 e. The summed E-state index contributed by atoms with van der Waals surface area (Å²) in [7, 11) is 0. The lowest BCUT2D eigenvalue weighted by atomic mass is 10.1. The van der Waals surface area contributed by atoms with E-state index in [0.717, 1.165) is 0 Å². The third-order valence-corrected chi connectivity index (χ3v) is 2.25. The van der Waals surface area contributed by atoms with Crippen molar-refractivity contribution in [2.24, 2.45) is 0 Å². The lowest BCUT2D eigenvalue weighted by molar-refractivity contribution is 0.0526. The summed E-state index contributed by atoms with van der Waals surface area (Å²) in [6.45, 7) is 1.96. The first-order valence-corrected chi connectivity index (χ1v) is 4.80. The summed E-state index contributed by atoms with van der Waals surface area (Å²) >= 11 is 0.